The van der Waals surface area contributed by atoms with E-state index in [-0.39, 0.29) is 17.9 Å². The number of likely N-dealkylation sites (tertiary alicyclic amines) is 1. The van der Waals surface area contributed by atoms with Crippen molar-refractivity contribution in [2.24, 2.45) is 0 Å². The van der Waals surface area contributed by atoms with Crippen LogP contribution < -0.4 is 10.6 Å². The van der Waals surface area contributed by atoms with Gasteiger partial charge in [0.25, 0.3) is 0 Å². The Hall–Kier alpha value is -2.43. The molecule has 5 nitrogen and oxygen atoms in total. The molecule has 10 heteroatoms. The second kappa shape index (κ2) is 17.5. The summed E-state index contributed by atoms with van der Waals surface area (Å²) in [4.78, 5) is 30.6. The monoisotopic (exact) mass is 661 g/mol. The van der Waals surface area contributed by atoms with Crippen LogP contribution in [0.4, 0.5) is 13.2 Å². The molecule has 1 saturated heterocycles. The van der Waals surface area contributed by atoms with E-state index in [1.165, 1.54) is 27.5 Å². The van der Waals surface area contributed by atoms with Crippen molar-refractivity contribution in [3.8, 4) is 0 Å². The fourth-order valence-corrected chi connectivity index (χ4v) is 7.70. The van der Waals surface area contributed by atoms with Crippen molar-refractivity contribution >= 4 is 40.9 Å². The Morgan fingerprint density at radius 2 is 1.58 bits per heavy atom. The number of halogens is 3. The van der Waals surface area contributed by atoms with Crippen LogP contribution in [0.2, 0.25) is 0 Å². The van der Waals surface area contributed by atoms with Crippen molar-refractivity contribution in [1.29, 1.82) is 0 Å². The molecule has 246 valence electrons. The number of carbonyl (C=O) groups is 2. The fourth-order valence-electron chi connectivity index (χ4n) is 6.29. The standard InChI is InChI=1S/C35H46F3N3O2S2/c1-44-31-12-8-13-32(45-2)30(31)11-7-14-33(42)39-21-5-6-22-41-23-19-27(20-24-41)40-34(43)29-10-4-3-9-28(29)25-15-17-26(18-16-25)35(36,37)38/h8,12-13,15-18,27H,3-7,9-11,14,19-24H2,1-2H3,(H,39,42)(H,40,43). The van der Waals surface area contributed by atoms with Crippen molar-refractivity contribution in [3.63, 3.8) is 0 Å². The Morgan fingerprint density at radius 3 is 2.22 bits per heavy atom. The van der Waals surface area contributed by atoms with E-state index in [1.54, 1.807) is 23.5 Å². The van der Waals surface area contributed by atoms with Crippen LogP contribution in [0.5, 0.6) is 0 Å². The largest absolute Gasteiger partial charge is 0.416 e. The normalized spacial score (nSPS) is 16.6. The van der Waals surface area contributed by atoms with Crippen LogP contribution in [0.1, 0.15) is 80.9 Å². The van der Waals surface area contributed by atoms with Crippen LogP contribution in [0.15, 0.2) is 57.8 Å². The number of piperidine rings is 1. The first-order chi connectivity index (χ1) is 21.7. The zero-order chi connectivity index (χ0) is 32.2. The van der Waals surface area contributed by atoms with Gasteiger partial charge in [-0.15, -0.1) is 23.5 Å². The summed E-state index contributed by atoms with van der Waals surface area (Å²) in [5, 5.41) is 6.30. The Morgan fingerprint density at radius 1 is 0.911 bits per heavy atom. The minimum absolute atomic E-state index is 0.0723. The minimum Gasteiger partial charge on any atom is -0.356 e. The molecule has 2 aromatic rings. The molecule has 45 heavy (non-hydrogen) atoms. The molecule has 4 rings (SSSR count). The van der Waals surface area contributed by atoms with Crippen LogP contribution in [-0.2, 0) is 22.2 Å². The number of amides is 2. The lowest BCUT2D eigenvalue weighted by Gasteiger charge is -2.33. The Kier molecular flexibility index (Phi) is 13.8. The predicted molar refractivity (Wildman–Crippen MR) is 180 cm³/mol. The second-order valence-electron chi connectivity index (χ2n) is 11.9. The van der Waals surface area contributed by atoms with Gasteiger partial charge in [0.2, 0.25) is 11.8 Å². The highest BCUT2D eigenvalue weighted by Gasteiger charge is 2.31. The van der Waals surface area contributed by atoms with Gasteiger partial charge in [-0.1, -0.05) is 18.2 Å². The average molecular weight is 662 g/mol. The molecule has 0 aromatic heterocycles. The van der Waals surface area contributed by atoms with Crippen molar-refractivity contribution in [1.82, 2.24) is 15.5 Å². The summed E-state index contributed by atoms with van der Waals surface area (Å²) in [6, 6.07) is 11.7. The molecule has 1 aliphatic carbocycles. The molecule has 2 N–H and O–H groups in total. The van der Waals surface area contributed by atoms with E-state index < -0.39 is 11.7 Å². The van der Waals surface area contributed by atoms with Gasteiger partial charge in [0, 0.05) is 47.5 Å². The number of rotatable bonds is 14. The lowest BCUT2D eigenvalue weighted by Crippen LogP contribution is -2.45. The second-order valence-corrected chi connectivity index (χ2v) is 13.6. The molecule has 1 fully saturated rings. The summed E-state index contributed by atoms with van der Waals surface area (Å²) in [5.74, 6) is 0.0467. The highest BCUT2D eigenvalue weighted by molar-refractivity contribution is 7.99. The van der Waals surface area contributed by atoms with Crippen molar-refractivity contribution < 1.29 is 22.8 Å². The van der Waals surface area contributed by atoms with Gasteiger partial charge >= 0.3 is 6.18 Å². The van der Waals surface area contributed by atoms with Gasteiger partial charge in [0.05, 0.1) is 5.56 Å². The molecule has 1 heterocycles. The SMILES string of the molecule is CSc1cccc(SC)c1CCCC(=O)NCCCCN1CCC(NC(=O)C2=C(c3ccc(C(F)(F)F)cc3)CCCC2)CC1. The molecule has 0 atom stereocenters. The average Bonchev–Trinajstić information content (AvgIpc) is 3.05. The molecule has 0 saturated carbocycles. The smallest absolute Gasteiger partial charge is 0.356 e. The van der Waals surface area contributed by atoms with Gasteiger partial charge in [0.1, 0.15) is 0 Å². The lowest BCUT2D eigenvalue weighted by molar-refractivity contribution is -0.137. The number of thioether (sulfide) groups is 2. The summed E-state index contributed by atoms with van der Waals surface area (Å²) < 4.78 is 39.0. The zero-order valence-electron chi connectivity index (χ0n) is 26.4. The third kappa shape index (κ3) is 10.5. The molecule has 1 aliphatic heterocycles. The Balaban J connectivity index is 1.12. The summed E-state index contributed by atoms with van der Waals surface area (Å²) in [5.41, 5.74) is 2.99. The number of alkyl halides is 3. The molecule has 0 radical (unpaired) electrons. The number of hydrogen-bond acceptors (Lipinski definition) is 5. The quantitative estimate of drug-likeness (QED) is 0.159. The highest BCUT2D eigenvalue weighted by atomic mass is 32.2. The van der Waals surface area contributed by atoms with E-state index in [9.17, 15) is 22.8 Å². The third-order valence-corrected chi connectivity index (χ3v) is 10.5. The number of carbonyl (C=O) groups excluding carboxylic acids is 2. The first-order valence-electron chi connectivity index (χ1n) is 16.1. The molecule has 2 amide bonds. The maximum atomic E-state index is 13.3. The fraction of sp³-hybridized carbons (Fsp3) is 0.543. The lowest BCUT2D eigenvalue weighted by atomic mass is 9.86. The van der Waals surface area contributed by atoms with E-state index in [0.717, 1.165) is 94.3 Å². The molecule has 0 unspecified atom stereocenters. The summed E-state index contributed by atoms with van der Waals surface area (Å²) in [7, 11) is 0. The van der Waals surface area contributed by atoms with E-state index in [2.05, 4.69) is 46.2 Å². The molecular formula is C35H46F3N3O2S2. The van der Waals surface area contributed by atoms with E-state index >= 15 is 0 Å². The highest BCUT2D eigenvalue weighted by Crippen LogP contribution is 2.35. The first kappa shape index (κ1) is 35.4. The molecule has 2 aliphatic rings. The van der Waals surface area contributed by atoms with Gasteiger partial charge in [-0.05, 0) is 124 Å². The number of nitrogens with zero attached hydrogens (tertiary/aromatic N) is 1. The Bertz CT molecular complexity index is 1280. The first-order valence-corrected chi connectivity index (χ1v) is 18.5. The van der Waals surface area contributed by atoms with Crippen LogP contribution in [0.3, 0.4) is 0 Å². The third-order valence-electron chi connectivity index (χ3n) is 8.81. The maximum absolute atomic E-state index is 13.3. The Labute approximate surface area is 274 Å². The van der Waals surface area contributed by atoms with Crippen LogP contribution in [0.25, 0.3) is 5.57 Å². The van der Waals surface area contributed by atoms with Gasteiger partial charge in [-0.25, -0.2) is 0 Å². The van der Waals surface area contributed by atoms with Crippen molar-refractivity contribution in [3.05, 3.63) is 64.7 Å². The summed E-state index contributed by atoms with van der Waals surface area (Å²) in [6.07, 6.45) is 9.03. The van der Waals surface area contributed by atoms with E-state index in [1.807, 2.05) is 0 Å². The number of allylic oxidation sites excluding steroid dienone is 1. The van der Waals surface area contributed by atoms with E-state index in [4.69, 9.17) is 0 Å². The van der Waals surface area contributed by atoms with E-state index in [0.29, 0.717) is 31.4 Å². The zero-order valence-corrected chi connectivity index (χ0v) is 28.1. The number of nitrogens with one attached hydrogen (secondary N) is 2. The van der Waals surface area contributed by atoms with Crippen LogP contribution in [-0.4, -0.2) is 61.4 Å². The number of benzene rings is 2. The summed E-state index contributed by atoms with van der Waals surface area (Å²) >= 11 is 3.52. The summed E-state index contributed by atoms with van der Waals surface area (Å²) in [6.45, 7) is 3.50. The molecule has 0 bridgehead atoms. The maximum Gasteiger partial charge on any atom is 0.416 e. The number of unbranched alkanes of at least 4 members (excludes halogenated alkanes) is 1. The van der Waals surface area contributed by atoms with Gasteiger partial charge in [-0.3, -0.25) is 9.59 Å². The minimum atomic E-state index is -4.37. The van der Waals surface area contributed by atoms with Crippen molar-refractivity contribution in [2.75, 3.05) is 38.7 Å². The molecular weight excluding hydrogens is 616 g/mol. The number of hydrogen-bond donors (Lipinski definition) is 2. The van der Waals surface area contributed by atoms with Gasteiger partial charge in [0.15, 0.2) is 0 Å². The molecule has 0 spiro atoms. The molecule has 2 aromatic carbocycles. The van der Waals surface area contributed by atoms with Gasteiger partial charge in [-0.2, -0.15) is 13.2 Å². The topological polar surface area (TPSA) is 61.4 Å². The van der Waals surface area contributed by atoms with Crippen LogP contribution in [0, 0.1) is 0 Å². The predicted octanol–water partition coefficient (Wildman–Crippen LogP) is 7.98. The van der Waals surface area contributed by atoms with Crippen LogP contribution >= 0.6 is 23.5 Å². The van der Waals surface area contributed by atoms with Crippen molar-refractivity contribution in [2.45, 2.75) is 92.6 Å². The van der Waals surface area contributed by atoms with Gasteiger partial charge < -0.3 is 15.5 Å².